The highest BCUT2D eigenvalue weighted by molar-refractivity contribution is 5.39. The van der Waals surface area contributed by atoms with Crippen LogP contribution < -0.4 is 0 Å². The Morgan fingerprint density at radius 3 is 2.50 bits per heavy atom. The molecule has 5 nitrogen and oxygen atoms in total. The molecular formula is C8H6F3N3O2. The van der Waals surface area contributed by atoms with Crippen LogP contribution in [0.2, 0.25) is 0 Å². The molecule has 0 atom stereocenters. The minimum Gasteiger partial charge on any atom is -0.362 e. The maximum atomic E-state index is 12.5. The molecule has 0 bridgehead atoms. The molecule has 0 fully saturated rings. The normalized spacial score (nSPS) is 12.6. The van der Waals surface area contributed by atoms with E-state index in [4.69, 9.17) is 10.2 Å². The Morgan fingerprint density at radius 1 is 1.25 bits per heavy atom. The number of hydrogen-bond acceptors (Lipinski definition) is 4. The molecule has 16 heavy (non-hydrogen) atoms. The van der Waals surface area contributed by atoms with Crippen LogP contribution in [0.3, 0.4) is 0 Å². The van der Waals surface area contributed by atoms with Crippen LogP contribution >= 0.6 is 0 Å². The molecular weight excluding hydrogens is 227 g/mol. The molecule has 2 aromatic rings. The molecule has 0 saturated heterocycles. The number of rotatable bonds is 1. The average Bonchev–Trinajstić information content (AvgIpc) is 2.58. The molecule has 0 amide bonds. The van der Waals surface area contributed by atoms with E-state index in [-0.39, 0.29) is 5.65 Å². The van der Waals surface area contributed by atoms with Crippen molar-refractivity contribution in [1.29, 1.82) is 0 Å². The van der Waals surface area contributed by atoms with Gasteiger partial charge in [-0.25, -0.2) is 9.50 Å². The Balaban J connectivity index is 2.68. The van der Waals surface area contributed by atoms with Gasteiger partial charge in [0.05, 0.1) is 0 Å². The summed E-state index contributed by atoms with van der Waals surface area (Å²) in [6, 6.07) is 3.28. The van der Waals surface area contributed by atoms with Crippen molar-refractivity contribution in [2.24, 2.45) is 0 Å². The quantitative estimate of drug-likeness (QED) is 0.712. The SMILES string of the molecule is OC(O)c1nc2cccc(C(F)(F)F)n2n1. The van der Waals surface area contributed by atoms with Crippen molar-refractivity contribution >= 4 is 5.65 Å². The van der Waals surface area contributed by atoms with E-state index in [0.717, 1.165) is 6.07 Å². The molecule has 2 rings (SSSR count). The van der Waals surface area contributed by atoms with Crippen molar-refractivity contribution in [3.63, 3.8) is 0 Å². The molecule has 2 heterocycles. The predicted molar refractivity (Wildman–Crippen MR) is 45.2 cm³/mol. The molecule has 0 unspecified atom stereocenters. The van der Waals surface area contributed by atoms with E-state index in [0.29, 0.717) is 4.52 Å². The topological polar surface area (TPSA) is 70.7 Å². The molecule has 8 heteroatoms. The smallest absolute Gasteiger partial charge is 0.362 e. The number of hydrogen-bond donors (Lipinski definition) is 2. The summed E-state index contributed by atoms with van der Waals surface area (Å²) in [6.45, 7) is 0. The molecule has 0 aromatic carbocycles. The minimum absolute atomic E-state index is 0.0991. The molecule has 0 radical (unpaired) electrons. The van der Waals surface area contributed by atoms with Crippen LogP contribution in [0.25, 0.3) is 5.65 Å². The third-order valence-electron chi connectivity index (χ3n) is 1.90. The molecule has 0 aliphatic rings. The Bertz CT molecular complexity index is 521. The van der Waals surface area contributed by atoms with Crippen LogP contribution in [0, 0.1) is 0 Å². The second-order valence-corrected chi connectivity index (χ2v) is 3.02. The maximum absolute atomic E-state index is 12.5. The molecule has 0 aliphatic heterocycles. The molecule has 0 aliphatic carbocycles. The highest BCUT2D eigenvalue weighted by Gasteiger charge is 2.34. The van der Waals surface area contributed by atoms with Crippen LogP contribution in [0.4, 0.5) is 13.2 Å². The van der Waals surface area contributed by atoms with Crippen molar-refractivity contribution in [2.75, 3.05) is 0 Å². The number of pyridine rings is 1. The van der Waals surface area contributed by atoms with Crippen LogP contribution in [0.15, 0.2) is 18.2 Å². The second-order valence-electron chi connectivity index (χ2n) is 3.02. The fraction of sp³-hybridized carbons (Fsp3) is 0.250. The average molecular weight is 233 g/mol. The van der Waals surface area contributed by atoms with Crippen LogP contribution in [0.1, 0.15) is 17.8 Å². The van der Waals surface area contributed by atoms with Crippen molar-refractivity contribution in [1.82, 2.24) is 14.6 Å². The van der Waals surface area contributed by atoms with Gasteiger partial charge in [-0.05, 0) is 12.1 Å². The summed E-state index contributed by atoms with van der Waals surface area (Å²) in [7, 11) is 0. The van der Waals surface area contributed by atoms with Gasteiger partial charge in [0, 0.05) is 0 Å². The van der Waals surface area contributed by atoms with Gasteiger partial charge in [0.1, 0.15) is 5.69 Å². The number of aliphatic hydroxyl groups excluding tert-OH is 1. The molecule has 0 saturated carbocycles. The number of halogens is 3. The third kappa shape index (κ3) is 1.72. The van der Waals surface area contributed by atoms with Gasteiger partial charge in [-0.3, -0.25) is 0 Å². The summed E-state index contributed by atoms with van der Waals surface area (Å²) in [5, 5.41) is 20.9. The summed E-state index contributed by atoms with van der Waals surface area (Å²) in [6.07, 6.45) is -6.58. The Morgan fingerprint density at radius 2 is 1.94 bits per heavy atom. The van der Waals surface area contributed by atoms with Gasteiger partial charge in [0.15, 0.2) is 5.65 Å². The maximum Gasteiger partial charge on any atom is 0.433 e. The first-order chi connectivity index (χ1) is 7.39. The predicted octanol–water partition coefficient (Wildman–Crippen LogP) is 0.731. The van der Waals surface area contributed by atoms with Crippen molar-refractivity contribution in [3.05, 3.63) is 29.7 Å². The van der Waals surface area contributed by atoms with Gasteiger partial charge in [-0.2, -0.15) is 13.2 Å². The lowest BCUT2D eigenvalue weighted by Crippen LogP contribution is -2.12. The Hall–Kier alpha value is -1.67. The number of aromatic nitrogens is 3. The summed E-state index contributed by atoms with van der Waals surface area (Å²) in [5.74, 6) is -0.475. The van der Waals surface area contributed by atoms with E-state index in [1.165, 1.54) is 12.1 Å². The Labute approximate surface area is 86.8 Å². The van der Waals surface area contributed by atoms with E-state index in [9.17, 15) is 13.2 Å². The lowest BCUT2D eigenvalue weighted by Gasteiger charge is -2.07. The fourth-order valence-electron chi connectivity index (χ4n) is 1.25. The molecule has 0 spiro atoms. The largest absolute Gasteiger partial charge is 0.433 e. The highest BCUT2D eigenvalue weighted by Crippen LogP contribution is 2.29. The number of nitrogens with zero attached hydrogens (tertiary/aromatic N) is 3. The fourth-order valence-corrected chi connectivity index (χ4v) is 1.25. The van der Waals surface area contributed by atoms with Gasteiger partial charge in [0.2, 0.25) is 12.1 Å². The first-order valence-corrected chi connectivity index (χ1v) is 4.18. The standard InChI is InChI=1S/C8H6F3N3O2/c9-8(10,11)4-2-1-3-5-12-6(7(15)16)13-14(4)5/h1-3,7,15-16H. The monoisotopic (exact) mass is 233 g/mol. The van der Waals surface area contributed by atoms with Gasteiger partial charge < -0.3 is 10.2 Å². The molecule has 86 valence electrons. The van der Waals surface area contributed by atoms with E-state index in [1.54, 1.807) is 0 Å². The number of fused-ring (bicyclic) bond motifs is 1. The van der Waals surface area contributed by atoms with Gasteiger partial charge in [0.25, 0.3) is 0 Å². The van der Waals surface area contributed by atoms with Crippen LogP contribution in [-0.4, -0.2) is 24.8 Å². The Kier molecular flexibility index (Phi) is 2.32. The third-order valence-corrected chi connectivity index (χ3v) is 1.90. The van der Waals surface area contributed by atoms with Crippen LogP contribution in [0.5, 0.6) is 0 Å². The van der Waals surface area contributed by atoms with Gasteiger partial charge >= 0.3 is 6.18 Å². The summed E-state index contributed by atoms with van der Waals surface area (Å²) >= 11 is 0. The van der Waals surface area contributed by atoms with Crippen LogP contribution in [-0.2, 0) is 6.18 Å². The summed E-state index contributed by atoms with van der Waals surface area (Å²) < 4.78 is 38.1. The first-order valence-electron chi connectivity index (χ1n) is 4.18. The lowest BCUT2D eigenvalue weighted by molar-refractivity contribution is -0.142. The first kappa shape index (κ1) is 10.8. The second kappa shape index (κ2) is 3.42. The zero-order chi connectivity index (χ0) is 11.9. The highest BCUT2D eigenvalue weighted by atomic mass is 19.4. The van der Waals surface area contributed by atoms with Crippen molar-refractivity contribution < 1.29 is 23.4 Å². The van der Waals surface area contributed by atoms with Crippen molar-refractivity contribution in [2.45, 2.75) is 12.5 Å². The summed E-state index contributed by atoms with van der Waals surface area (Å²) in [5.41, 5.74) is -1.12. The van der Waals surface area contributed by atoms with E-state index in [1.807, 2.05) is 0 Å². The minimum atomic E-state index is -4.58. The summed E-state index contributed by atoms with van der Waals surface area (Å²) in [4.78, 5) is 3.54. The van der Waals surface area contributed by atoms with E-state index < -0.39 is 24.0 Å². The lowest BCUT2D eigenvalue weighted by atomic mass is 10.3. The molecule has 2 N–H and O–H groups in total. The zero-order valence-electron chi connectivity index (χ0n) is 7.68. The van der Waals surface area contributed by atoms with E-state index >= 15 is 0 Å². The van der Waals surface area contributed by atoms with Gasteiger partial charge in [-0.1, -0.05) is 6.07 Å². The van der Waals surface area contributed by atoms with Crippen molar-refractivity contribution in [3.8, 4) is 0 Å². The number of alkyl halides is 3. The van der Waals surface area contributed by atoms with E-state index in [2.05, 4.69) is 10.1 Å². The number of aliphatic hydroxyl groups is 2. The van der Waals surface area contributed by atoms with Gasteiger partial charge in [-0.15, -0.1) is 5.10 Å². The molecule has 2 aromatic heterocycles. The zero-order valence-corrected chi connectivity index (χ0v) is 7.68.